The molecule has 0 aromatic heterocycles. The van der Waals surface area contributed by atoms with E-state index in [1.807, 2.05) is 0 Å². The molecule has 328 valence electrons. The average Bonchev–Trinajstić information content (AvgIpc) is 3.72. The van der Waals surface area contributed by atoms with Gasteiger partial charge in [-0.3, -0.25) is 0 Å². The summed E-state index contributed by atoms with van der Waals surface area (Å²) in [5.41, 5.74) is 1.49. The van der Waals surface area contributed by atoms with Gasteiger partial charge < -0.3 is 20.4 Å². The number of hydrogen-bond acceptors (Lipinski definition) is 4. The van der Waals surface area contributed by atoms with Crippen LogP contribution in [0.1, 0.15) is 215 Å². The minimum absolute atomic E-state index is 0.145. The first-order valence-corrected chi connectivity index (χ1v) is 25.9. The van der Waals surface area contributed by atoms with Crippen molar-refractivity contribution in [1.82, 2.24) is 0 Å². The Kier molecular flexibility index (Phi) is 13.1. The van der Waals surface area contributed by atoms with Crippen LogP contribution in [-0.2, 0) is 0 Å². The van der Waals surface area contributed by atoms with Crippen molar-refractivity contribution in [3.05, 3.63) is 0 Å². The monoisotopic (exact) mass is 793 g/mol. The fourth-order valence-corrected chi connectivity index (χ4v) is 18.9. The number of hydrogen-bond donors (Lipinski definition) is 4. The Morgan fingerprint density at radius 1 is 0.404 bits per heavy atom. The highest BCUT2D eigenvalue weighted by Gasteiger charge is 2.64. The van der Waals surface area contributed by atoms with Crippen LogP contribution in [0.2, 0.25) is 0 Å². The molecule has 4 nitrogen and oxygen atoms in total. The van der Waals surface area contributed by atoms with Gasteiger partial charge in [0.15, 0.2) is 0 Å². The molecular weight excluding hydrogens is 701 g/mol. The van der Waals surface area contributed by atoms with E-state index >= 15 is 0 Å². The van der Waals surface area contributed by atoms with Crippen LogP contribution in [-0.4, -0.2) is 44.8 Å². The van der Waals surface area contributed by atoms with E-state index in [1.54, 1.807) is 0 Å². The molecule has 4 heteroatoms. The Balaban J connectivity index is 0.699. The van der Waals surface area contributed by atoms with Crippen LogP contribution in [0.3, 0.4) is 0 Å². The average molecular weight is 793 g/mol. The third-order valence-corrected chi connectivity index (χ3v) is 22.2. The molecule has 8 fully saturated rings. The van der Waals surface area contributed by atoms with E-state index in [-0.39, 0.29) is 24.4 Å². The largest absolute Gasteiger partial charge is 0.393 e. The van der Waals surface area contributed by atoms with Crippen molar-refractivity contribution in [2.45, 2.75) is 239 Å². The Morgan fingerprint density at radius 3 is 1.12 bits per heavy atom. The summed E-state index contributed by atoms with van der Waals surface area (Å²) in [6.07, 6.45) is 33.7. The predicted molar refractivity (Wildman–Crippen MR) is 234 cm³/mol. The van der Waals surface area contributed by atoms with Crippen molar-refractivity contribution in [3.8, 4) is 0 Å². The number of unbranched alkanes of at least 4 members (excludes halogenated alkanes) is 8. The minimum Gasteiger partial charge on any atom is -0.393 e. The van der Waals surface area contributed by atoms with Gasteiger partial charge in [-0.05, 0) is 195 Å². The zero-order valence-corrected chi connectivity index (χ0v) is 38.1. The molecule has 0 aromatic carbocycles. The summed E-state index contributed by atoms with van der Waals surface area (Å²) in [5.74, 6) is 8.01. The van der Waals surface area contributed by atoms with E-state index in [0.29, 0.717) is 69.0 Å². The molecule has 8 saturated carbocycles. The smallest absolute Gasteiger partial charge is 0.0577 e. The second-order valence-corrected chi connectivity index (χ2v) is 24.6. The summed E-state index contributed by atoms with van der Waals surface area (Å²) in [4.78, 5) is 0. The van der Waals surface area contributed by atoms with Gasteiger partial charge in [0.2, 0.25) is 0 Å². The molecule has 20 atom stereocenters. The highest BCUT2D eigenvalue weighted by atomic mass is 16.3. The molecule has 0 radical (unpaired) electrons. The zero-order valence-electron chi connectivity index (χ0n) is 38.1. The van der Waals surface area contributed by atoms with Gasteiger partial charge in [-0.2, -0.15) is 0 Å². The van der Waals surface area contributed by atoms with Crippen molar-refractivity contribution in [1.29, 1.82) is 0 Å². The number of rotatable bonds is 14. The predicted octanol–water partition coefficient (Wildman–Crippen LogP) is 12.5. The third-order valence-electron chi connectivity index (χ3n) is 22.2. The van der Waals surface area contributed by atoms with Crippen LogP contribution >= 0.6 is 0 Å². The Bertz CT molecular complexity index is 1240. The fraction of sp³-hybridized carbons (Fsp3) is 1.00. The van der Waals surface area contributed by atoms with Crippen molar-refractivity contribution in [2.24, 2.45) is 92.7 Å². The van der Waals surface area contributed by atoms with Crippen LogP contribution in [0.5, 0.6) is 0 Å². The van der Waals surface area contributed by atoms with Gasteiger partial charge in [0.05, 0.1) is 24.4 Å². The van der Waals surface area contributed by atoms with Gasteiger partial charge in [-0.25, -0.2) is 0 Å². The van der Waals surface area contributed by atoms with Gasteiger partial charge >= 0.3 is 0 Å². The van der Waals surface area contributed by atoms with Gasteiger partial charge in [-0.15, -0.1) is 0 Å². The Labute approximate surface area is 351 Å². The maximum absolute atomic E-state index is 11.6. The van der Waals surface area contributed by atoms with Gasteiger partial charge in [0, 0.05) is 0 Å². The molecule has 0 saturated heterocycles. The topological polar surface area (TPSA) is 80.9 Å². The lowest BCUT2D eigenvalue weighted by atomic mass is 9.43. The summed E-state index contributed by atoms with van der Waals surface area (Å²) < 4.78 is 0. The molecule has 8 aliphatic rings. The molecule has 0 spiro atoms. The number of fused-ring (bicyclic) bond motifs is 10. The van der Waals surface area contributed by atoms with Gasteiger partial charge in [0.1, 0.15) is 0 Å². The second-order valence-electron chi connectivity index (χ2n) is 24.6. The quantitative estimate of drug-likeness (QED) is 0.132. The van der Waals surface area contributed by atoms with E-state index < -0.39 is 0 Å². The maximum atomic E-state index is 11.6. The normalized spacial score (nSPS) is 51.5. The van der Waals surface area contributed by atoms with Gasteiger partial charge in [-0.1, -0.05) is 112 Å². The molecule has 0 aromatic rings. The van der Waals surface area contributed by atoms with E-state index in [0.717, 1.165) is 62.2 Å². The van der Waals surface area contributed by atoms with Crippen molar-refractivity contribution >= 4 is 0 Å². The van der Waals surface area contributed by atoms with Gasteiger partial charge in [0.25, 0.3) is 0 Å². The van der Waals surface area contributed by atoms with Crippen LogP contribution in [0.15, 0.2) is 0 Å². The fourth-order valence-electron chi connectivity index (χ4n) is 18.9. The van der Waals surface area contributed by atoms with E-state index in [9.17, 15) is 20.4 Å². The first kappa shape index (κ1) is 43.5. The molecule has 0 aliphatic heterocycles. The summed E-state index contributed by atoms with van der Waals surface area (Å²) in [6.45, 7) is 15.5. The van der Waals surface area contributed by atoms with Crippen molar-refractivity contribution in [2.75, 3.05) is 0 Å². The van der Waals surface area contributed by atoms with Crippen molar-refractivity contribution < 1.29 is 20.4 Å². The SMILES string of the molecule is C[C@H](CCCCCCCCCCC[C@@H](C)[C@H]1CCC2[C@@H]3[C@@H](O)CC4C[C@H](O)CC[C@]4(C)[C@H]3CC[C@@]21C)[C@H]1CCC2[C@@H]3[C@@H](O)CC4C[C@H](O)CC[C@]4(C)[C@H]3CC[C@@]21C. The summed E-state index contributed by atoms with van der Waals surface area (Å²) in [6, 6.07) is 0. The molecule has 57 heavy (non-hydrogen) atoms. The molecule has 8 aliphatic carbocycles. The highest BCUT2D eigenvalue weighted by molar-refractivity contribution is 5.13. The highest BCUT2D eigenvalue weighted by Crippen LogP contribution is 2.70. The zero-order chi connectivity index (χ0) is 40.3. The molecule has 0 heterocycles. The number of aliphatic hydroxyl groups is 4. The summed E-state index contributed by atoms with van der Waals surface area (Å²) in [5, 5.41) is 44.1. The Morgan fingerprint density at radius 2 is 0.737 bits per heavy atom. The minimum atomic E-state index is -0.154. The van der Waals surface area contributed by atoms with E-state index in [4.69, 9.17) is 0 Å². The lowest BCUT2D eigenvalue weighted by molar-refractivity contribution is -0.174. The number of aliphatic hydroxyl groups excluding tert-OH is 4. The van der Waals surface area contributed by atoms with Crippen LogP contribution in [0.25, 0.3) is 0 Å². The molecule has 0 bridgehead atoms. The lowest BCUT2D eigenvalue weighted by Gasteiger charge is -2.62. The van der Waals surface area contributed by atoms with Crippen LogP contribution < -0.4 is 0 Å². The first-order valence-electron chi connectivity index (χ1n) is 25.9. The molecule has 4 N–H and O–H groups in total. The first-order chi connectivity index (χ1) is 27.2. The summed E-state index contributed by atoms with van der Waals surface area (Å²) >= 11 is 0. The maximum Gasteiger partial charge on any atom is 0.0577 e. The van der Waals surface area contributed by atoms with E-state index in [2.05, 4.69) is 41.5 Å². The summed E-state index contributed by atoms with van der Waals surface area (Å²) in [7, 11) is 0. The Hall–Kier alpha value is -0.160. The third kappa shape index (κ3) is 7.82. The second kappa shape index (κ2) is 17.2. The molecule has 8 rings (SSSR count). The molecular formula is C53H92O4. The lowest BCUT2D eigenvalue weighted by Crippen LogP contribution is -2.58. The molecule has 0 amide bonds. The van der Waals surface area contributed by atoms with E-state index in [1.165, 1.54) is 135 Å². The van der Waals surface area contributed by atoms with Crippen molar-refractivity contribution in [3.63, 3.8) is 0 Å². The standard InChI is InChI=1S/C53H92O4/c1-34(40-18-20-42-48-44(24-28-52(40,42)5)50(3)26-22-38(54)30-36(50)32-46(48)56)16-14-12-10-8-7-9-11-13-15-17-35(2)41-19-21-43-49-45(25-29-53(41,43)6)51(4)27-23-39(55)31-37(51)33-47(49)57/h34-49,54-57H,7-33H2,1-6H3/t34-,35-,36?,37?,38-,39-,40-,41-,42?,43?,44+,45+,46+,47+,48+,49+,50+,51+,52-,53-/m1/s1. The van der Waals surface area contributed by atoms with Crippen LogP contribution in [0.4, 0.5) is 0 Å². The molecule has 4 unspecified atom stereocenters. The van der Waals surface area contributed by atoms with Crippen LogP contribution in [0, 0.1) is 92.7 Å².